The van der Waals surface area contributed by atoms with Crippen molar-refractivity contribution in [3.05, 3.63) is 54.1 Å². The van der Waals surface area contributed by atoms with Crippen LogP contribution in [-0.2, 0) is 19.6 Å². The molecule has 178 valence electrons. The molecule has 33 heavy (non-hydrogen) atoms. The normalized spacial score (nSPS) is 15.8. The minimum atomic E-state index is -3.77. The van der Waals surface area contributed by atoms with Gasteiger partial charge in [-0.05, 0) is 50.1 Å². The van der Waals surface area contributed by atoms with E-state index in [9.17, 15) is 18.0 Å². The van der Waals surface area contributed by atoms with Gasteiger partial charge in [0.05, 0.1) is 12.0 Å². The zero-order valence-corrected chi connectivity index (χ0v) is 20.0. The van der Waals surface area contributed by atoms with Gasteiger partial charge in [-0.15, -0.1) is 0 Å². The summed E-state index contributed by atoms with van der Waals surface area (Å²) in [6.07, 6.45) is 2.52. The highest BCUT2D eigenvalue weighted by molar-refractivity contribution is 7.89. The lowest BCUT2D eigenvalue weighted by atomic mass is 10.2. The number of likely N-dealkylation sites (N-methyl/N-ethyl adjacent to an activating group) is 1. The van der Waals surface area contributed by atoms with Gasteiger partial charge in [0.1, 0.15) is 11.3 Å². The molecule has 0 radical (unpaired) electrons. The number of anilines is 1. The molecule has 0 spiro atoms. The largest absolute Gasteiger partial charge is 0.496 e. The van der Waals surface area contributed by atoms with Gasteiger partial charge in [0.25, 0.3) is 5.91 Å². The fraction of sp³-hybridized carbons (Fsp3) is 0.417. The van der Waals surface area contributed by atoms with Gasteiger partial charge in [-0.25, -0.2) is 13.2 Å². The zero-order valence-electron chi connectivity index (χ0n) is 19.2. The van der Waals surface area contributed by atoms with Crippen LogP contribution in [0.3, 0.4) is 0 Å². The zero-order chi connectivity index (χ0) is 24.0. The molecule has 2 aromatic carbocycles. The standard InChI is InChI=1S/C24H30N2O6S/c1-18(23(27)25(2)19-11-7-6-8-12-19)32-24(28)21-17-20(13-14-22(21)31-3)33(29,30)26-15-9-4-5-10-16-26/h6-8,11-14,17-18H,4-5,9-10,15-16H2,1-3H3. The predicted molar refractivity (Wildman–Crippen MR) is 125 cm³/mol. The Morgan fingerprint density at radius 3 is 2.24 bits per heavy atom. The van der Waals surface area contributed by atoms with Gasteiger partial charge in [0.15, 0.2) is 6.10 Å². The molecule has 3 rings (SSSR count). The molecule has 1 heterocycles. The number of esters is 1. The molecule has 9 heteroatoms. The Kier molecular flexibility index (Phi) is 8.10. The summed E-state index contributed by atoms with van der Waals surface area (Å²) < 4.78 is 38.4. The van der Waals surface area contributed by atoms with Gasteiger partial charge >= 0.3 is 5.97 Å². The first-order valence-electron chi connectivity index (χ1n) is 11.0. The lowest BCUT2D eigenvalue weighted by Gasteiger charge is -2.22. The maximum absolute atomic E-state index is 13.2. The van der Waals surface area contributed by atoms with Gasteiger partial charge < -0.3 is 14.4 Å². The number of para-hydroxylation sites is 1. The summed E-state index contributed by atoms with van der Waals surface area (Å²) in [7, 11) is -0.790. The SMILES string of the molecule is COc1ccc(S(=O)(=O)N2CCCCCC2)cc1C(=O)OC(C)C(=O)N(C)c1ccccc1. The van der Waals surface area contributed by atoms with Crippen LogP contribution in [0.4, 0.5) is 5.69 Å². The number of carbonyl (C=O) groups excluding carboxylic acids is 2. The molecule has 0 bridgehead atoms. The predicted octanol–water partition coefficient (Wildman–Crippen LogP) is 3.47. The van der Waals surface area contributed by atoms with E-state index in [1.165, 1.54) is 41.4 Å². The van der Waals surface area contributed by atoms with E-state index in [1.54, 1.807) is 31.3 Å². The first-order valence-corrected chi connectivity index (χ1v) is 12.4. The second-order valence-corrected chi connectivity index (χ2v) is 9.90. The van der Waals surface area contributed by atoms with E-state index < -0.39 is 28.0 Å². The summed E-state index contributed by atoms with van der Waals surface area (Å²) in [6, 6.07) is 13.1. The van der Waals surface area contributed by atoms with Gasteiger partial charge in [-0.3, -0.25) is 4.79 Å². The molecule has 8 nitrogen and oxygen atoms in total. The van der Waals surface area contributed by atoms with Crippen molar-refractivity contribution in [2.24, 2.45) is 0 Å². The molecule has 1 aliphatic rings. The van der Waals surface area contributed by atoms with E-state index in [-0.39, 0.29) is 16.2 Å². The molecular formula is C24H30N2O6S. The third kappa shape index (κ3) is 5.72. The van der Waals surface area contributed by atoms with E-state index in [0.29, 0.717) is 18.8 Å². The molecule has 1 saturated heterocycles. The molecule has 1 amide bonds. The number of benzene rings is 2. The average Bonchev–Trinajstić information content (AvgIpc) is 3.13. The number of hydrogen-bond acceptors (Lipinski definition) is 6. The second kappa shape index (κ2) is 10.8. The van der Waals surface area contributed by atoms with Crippen LogP contribution >= 0.6 is 0 Å². The first kappa shape index (κ1) is 24.7. The third-order valence-electron chi connectivity index (χ3n) is 5.70. The molecule has 0 N–H and O–H groups in total. The van der Waals surface area contributed by atoms with Crippen LogP contribution in [0.15, 0.2) is 53.4 Å². The minimum absolute atomic E-state index is 0.00228. The Balaban J connectivity index is 1.81. The molecule has 2 aromatic rings. The van der Waals surface area contributed by atoms with E-state index in [2.05, 4.69) is 0 Å². The number of methoxy groups -OCH3 is 1. The van der Waals surface area contributed by atoms with Crippen molar-refractivity contribution < 1.29 is 27.5 Å². The fourth-order valence-corrected chi connectivity index (χ4v) is 5.31. The van der Waals surface area contributed by atoms with Gasteiger partial charge in [0.2, 0.25) is 10.0 Å². The van der Waals surface area contributed by atoms with Crippen molar-refractivity contribution in [2.45, 2.75) is 43.6 Å². The highest BCUT2D eigenvalue weighted by Gasteiger charge is 2.29. The third-order valence-corrected chi connectivity index (χ3v) is 7.59. The summed E-state index contributed by atoms with van der Waals surface area (Å²) in [5, 5.41) is 0. The highest BCUT2D eigenvalue weighted by Crippen LogP contribution is 2.27. The highest BCUT2D eigenvalue weighted by atomic mass is 32.2. The molecule has 1 fully saturated rings. The van der Waals surface area contributed by atoms with Crippen molar-refractivity contribution in [3.8, 4) is 5.75 Å². The summed E-state index contributed by atoms with van der Waals surface area (Å²) >= 11 is 0. The van der Waals surface area contributed by atoms with E-state index in [0.717, 1.165) is 25.7 Å². The van der Waals surface area contributed by atoms with Crippen molar-refractivity contribution in [1.82, 2.24) is 4.31 Å². The summed E-state index contributed by atoms with van der Waals surface area (Å²) in [5.74, 6) is -1.07. The molecule has 0 aliphatic carbocycles. The van der Waals surface area contributed by atoms with Crippen molar-refractivity contribution in [1.29, 1.82) is 0 Å². The summed E-state index contributed by atoms with van der Waals surface area (Å²) in [4.78, 5) is 27.1. The number of nitrogens with zero attached hydrogens (tertiary/aromatic N) is 2. The van der Waals surface area contributed by atoms with Crippen molar-refractivity contribution >= 4 is 27.6 Å². The quantitative estimate of drug-likeness (QED) is 0.571. The van der Waals surface area contributed by atoms with E-state index >= 15 is 0 Å². The Morgan fingerprint density at radius 2 is 1.64 bits per heavy atom. The van der Waals surface area contributed by atoms with Gasteiger partial charge in [-0.2, -0.15) is 4.31 Å². The van der Waals surface area contributed by atoms with Crippen LogP contribution in [0.25, 0.3) is 0 Å². The van der Waals surface area contributed by atoms with Gasteiger partial charge in [0, 0.05) is 25.8 Å². The van der Waals surface area contributed by atoms with Crippen LogP contribution in [0, 0.1) is 0 Å². The Labute approximate surface area is 195 Å². The van der Waals surface area contributed by atoms with Gasteiger partial charge in [-0.1, -0.05) is 31.0 Å². The molecule has 0 aromatic heterocycles. The monoisotopic (exact) mass is 474 g/mol. The summed E-state index contributed by atoms with van der Waals surface area (Å²) in [6.45, 7) is 2.38. The van der Waals surface area contributed by atoms with E-state index in [1.807, 2.05) is 6.07 Å². The average molecular weight is 475 g/mol. The fourth-order valence-electron chi connectivity index (χ4n) is 3.76. The minimum Gasteiger partial charge on any atom is -0.496 e. The molecular weight excluding hydrogens is 444 g/mol. The van der Waals surface area contributed by atoms with Crippen LogP contribution in [0.2, 0.25) is 0 Å². The number of rotatable bonds is 7. The van der Waals surface area contributed by atoms with Crippen LogP contribution in [0.5, 0.6) is 5.75 Å². The molecule has 1 aliphatic heterocycles. The number of hydrogen-bond donors (Lipinski definition) is 0. The number of amides is 1. The molecule has 1 atom stereocenters. The van der Waals surface area contributed by atoms with Crippen LogP contribution in [0.1, 0.15) is 43.0 Å². The second-order valence-electron chi connectivity index (χ2n) is 7.96. The number of sulfonamides is 1. The lowest BCUT2D eigenvalue weighted by Crippen LogP contribution is -2.37. The number of ether oxygens (including phenoxy) is 2. The van der Waals surface area contributed by atoms with Crippen molar-refractivity contribution in [2.75, 3.05) is 32.1 Å². The topological polar surface area (TPSA) is 93.2 Å². The molecule has 0 saturated carbocycles. The Morgan fingerprint density at radius 1 is 1.00 bits per heavy atom. The maximum atomic E-state index is 13.2. The Hall–Kier alpha value is -2.91. The smallest absolute Gasteiger partial charge is 0.342 e. The molecule has 1 unspecified atom stereocenters. The Bertz CT molecular complexity index is 1080. The summed E-state index contributed by atoms with van der Waals surface area (Å²) in [5.41, 5.74) is 0.615. The van der Waals surface area contributed by atoms with Crippen LogP contribution < -0.4 is 9.64 Å². The maximum Gasteiger partial charge on any atom is 0.342 e. The van der Waals surface area contributed by atoms with Crippen LogP contribution in [-0.4, -0.2) is 58.0 Å². The lowest BCUT2D eigenvalue weighted by molar-refractivity contribution is -0.126. The first-order chi connectivity index (χ1) is 15.8. The van der Waals surface area contributed by atoms with E-state index in [4.69, 9.17) is 9.47 Å². The number of carbonyl (C=O) groups is 2. The van der Waals surface area contributed by atoms with Crippen molar-refractivity contribution in [3.63, 3.8) is 0 Å².